The van der Waals surface area contributed by atoms with Crippen molar-refractivity contribution in [2.75, 3.05) is 30.9 Å². The van der Waals surface area contributed by atoms with Crippen molar-refractivity contribution in [2.24, 2.45) is 0 Å². The van der Waals surface area contributed by atoms with E-state index in [0.717, 1.165) is 24.4 Å². The number of nitrogens with one attached hydrogen (secondary N) is 3. The molecule has 0 aliphatic carbocycles. The van der Waals surface area contributed by atoms with E-state index in [1.54, 1.807) is 13.4 Å². The van der Waals surface area contributed by atoms with Crippen molar-refractivity contribution in [2.45, 2.75) is 18.9 Å². The average molecular weight is 248 g/mol. The van der Waals surface area contributed by atoms with Crippen LogP contribution in [0.1, 0.15) is 13.3 Å². The largest absolute Gasteiger partial charge is 0.379 e. The molecule has 0 amide bonds. The SMILES string of the molecule is CNc1nc(NC2(C)CCOC2)c2[nH]cnc2n1. The van der Waals surface area contributed by atoms with Gasteiger partial charge >= 0.3 is 0 Å². The lowest BCUT2D eigenvalue weighted by Gasteiger charge is -2.24. The quantitative estimate of drug-likeness (QED) is 0.750. The fourth-order valence-electron chi connectivity index (χ4n) is 2.09. The molecule has 2 aromatic heterocycles. The summed E-state index contributed by atoms with van der Waals surface area (Å²) in [5.74, 6) is 1.31. The average Bonchev–Trinajstić information content (AvgIpc) is 2.97. The Kier molecular flexibility index (Phi) is 2.55. The van der Waals surface area contributed by atoms with E-state index in [9.17, 15) is 0 Å². The Labute approximate surface area is 104 Å². The molecule has 3 N–H and O–H groups in total. The van der Waals surface area contributed by atoms with E-state index in [1.807, 2.05) is 0 Å². The number of nitrogens with zero attached hydrogens (tertiary/aromatic N) is 3. The summed E-state index contributed by atoms with van der Waals surface area (Å²) in [6.07, 6.45) is 2.58. The Hall–Kier alpha value is -1.89. The third-order valence-corrected chi connectivity index (χ3v) is 3.15. The summed E-state index contributed by atoms with van der Waals surface area (Å²) >= 11 is 0. The Morgan fingerprint density at radius 2 is 2.33 bits per heavy atom. The first-order valence-electron chi connectivity index (χ1n) is 5.95. The highest BCUT2D eigenvalue weighted by Gasteiger charge is 2.30. The molecular formula is C11H16N6O. The highest BCUT2D eigenvalue weighted by atomic mass is 16.5. The minimum atomic E-state index is -0.0859. The van der Waals surface area contributed by atoms with Gasteiger partial charge in [0.2, 0.25) is 5.95 Å². The van der Waals surface area contributed by atoms with Crippen LogP contribution in [0.5, 0.6) is 0 Å². The van der Waals surface area contributed by atoms with Gasteiger partial charge in [0.25, 0.3) is 0 Å². The maximum atomic E-state index is 5.44. The van der Waals surface area contributed by atoms with Gasteiger partial charge < -0.3 is 20.4 Å². The minimum Gasteiger partial charge on any atom is -0.379 e. The molecule has 1 atom stereocenters. The third kappa shape index (κ3) is 1.86. The van der Waals surface area contributed by atoms with Crippen LogP contribution in [0, 0.1) is 0 Å². The lowest BCUT2D eigenvalue weighted by molar-refractivity contribution is 0.185. The van der Waals surface area contributed by atoms with E-state index in [-0.39, 0.29) is 5.54 Å². The van der Waals surface area contributed by atoms with Crippen LogP contribution in [0.15, 0.2) is 6.33 Å². The van der Waals surface area contributed by atoms with Crippen LogP contribution in [-0.4, -0.2) is 45.7 Å². The Balaban J connectivity index is 2.01. The van der Waals surface area contributed by atoms with Crippen molar-refractivity contribution in [3.8, 4) is 0 Å². The smallest absolute Gasteiger partial charge is 0.226 e. The van der Waals surface area contributed by atoms with E-state index in [1.165, 1.54) is 0 Å². The van der Waals surface area contributed by atoms with Crippen LogP contribution in [0.3, 0.4) is 0 Å². The number of H-pyrrole nitrogens is 1. The Bertz CT molecular complexity index is 560. The summed E-state index contributed by atoms with van der Waals surface area (Å²) in [4.78, 5) is 15.9. The fraction of sp³-hybridized carbons (Fsp3) is 0.545. The van der Waals surface area contributed by atoms with E-state index >= 15 is 0 Å². The summed E-state index contributed by atoms with van der Waals surface area (Å²) in [5, 5.41) is 6.37. The number of hydrogen-bond acceptors (Lipinski definition) is 6. The van der Waals surface area contributed by atoms with Crippen LogP contribution in [0.2, 0.25) is 0 Å². The van der Waals surface area contributed by atoms with Crippen molar-refractivity contribution in [3.05, 3.63) is 6.33 Å². The number of imidazole rings is 1. The van der Waals surface area contributed by atoms with Gasteiger partial charge in [-0.25, -0.2) is 4.98 Å². The molecule has 2 aromatic rings. The number of fused-ring (bicyclic) bond motifs is 1. The zero-order valence-electron chi connectivity index (χ0n) is 10.4. The topological polar surface area (TPSA) is 87.8 Å². The van der Waals surface area contributed by atoms with E-state index in [2.05, 4.69) is 37.5 Å². The predicted molar refractivity (Wildman–Crippen MR) is 68.7 cm³/mol. The molecule has 18 heavy (non-hydrogen) atoms. The first kappa shape index (κ1) is 11.2. The second-order valence-electron chi connectivity index (χ2n) is 4.74. The van der Waals surface area contributed by atoms with Crippen LogP contribution in [0.4, 0.5) is 11.8 Å². The van der Waals surface area contributed by atoms with Gasteiger partial charge in [0.05, 0.1) is 18.5 Å². The van der Waals surface area contributed by atoms with Gasteiger partial charge in [0.15, 0.2) is 11.5 Å². The lowest BCUT2D eigenvalue weighted by Crippen LogP contribution is -2.35. The van der Waals surface area contributed by atoms with Crippen molar-refractivity contribution in [3.63, 3.8) is 0 Å². The maximum absolute atomic E-state index is 5.44. The molecule has 0 bridgehead atoms. The normalized spacial score (nSPS) is 23.4. The van der Waals surface area contributed by atoms with Gasteiger partial charge in [-0.1, -0.05) is 0 Å². The molecule has 96 valence electrons. The van der Waals surface area contributed by atoms with Gasteiger partial charge in [-0.3, -0.25) is 0 Å². The monoisotopic (exact) mass is 248 g/mol. The van der Waals surface area contributed by atoms with Crippen LogP contribution < -0.4 is 10.6 Å². The number of aromatic amines is 1. The third-order valence-electron chi connectivity index (χ3n) is 3.15. The van der Waals surface area contributed by atoms with Crippen molar-refractivity contribution >= 4 is 22.9 Å². The second kappa shape index (κ2) is 4.09. The summed E-state index contributed by atoms with van der Waals surface area (Å²) in [6, 6.07) is 0. The molecule has 0 radical (unpaired) electrons. The lowest BCUT2D eigenvalue weighted by atomic mass is 10.0. The zero-order chi connectivity index (χ0) is 12.6. The maximum Gasteiger partial charge on any atom is 0.226 e. The van der Waals surface area contributed by atoms with Gasteiger partial charge in [0, 0.05) is 13.7 Å². The zero-order valence-corrected chi connectivity index (χ0v) is 10.4. The molecule has 1 saturated heterocycles. The summed E-state index contributed by atoms with van der Waals surface area (Å²) in [6.45, 7) is 3.59. The first-order chi connectivity index (χ1) is 8.70. The van der Waals surface area contributed by atoms with E-state index in [0.29, 0.717) is 18.2 Å². The van der Waals surface area contributed by atoms with Crippen molar-refractivity contribution in [1.29, 1.82) is 0 Å². The standard InChI is InChI=1S/C11H16N6O/c1-11(3-4-18-5-11)17-9-7-8(14-6-13-7)15-10(12-2)16-9/h6H,3-5H2,1-2H3,(H3,12,13,14,15,16,17). The minimum absolute atomic E-state index is 0.0859. The highest BCUT2D eigenvalue weighted by Crippen LogP contribution is 2.26. The molecule has 7 nitrogen and oxygen atoms in total. The number of hydrogen-bond donors (Lipinski definition) is 3. The number of anilines is 2. The van der Waals surface area contributed by atoms with Gasteiger partial charge in [-0.15, -0.1) is 0 Å². The first-order valence-corrected chi connectivity index (χ1v) is 5.95. The van der Waals surface area contributed by atoms with E-state index < -0.39 is 0 Å². The number of rotatable bonds is 3. The number of aromatic nitrogens is 4. The molecule has 0 aromatic carbocycles. The highest BCUT2D eigenvalue weighted by molar-refractivity contribution is 5.84. The van der Waals surface area contributed by atoms with Crippen molar-refractivity contribution in [1.82, 2.24) is 19.9 Å². The van der Waals surface area contributed by atoms with Crippen molar-refractivity contribution < 1.29 is 4.74 Å². The molecule has 0 saturated carbocycles. The summed E-state index contributed by atoms with van der Waals surface area (Å²) < 4.78 is 5.44. The van der Waals surface area contributed by atoms with Crippen LogP contribution in [-0.2, 0) is 4.74 Å². The number of ether oxygens (including phenoxy) is 1. The molecule has 3 rings (SSSR count). The molecule has 0 spiro atoms. The molecule has 1 aliphatic heterocycles. The van der Waals surface area contributed by atoms with Gasteiger partial charge in [-0.2, -0.15) is 9.97 Å². The predicted octanol–water partition coefficient (Wildman–Crippen LogP) is 0.985. The molecule has 1 fully saturated rings. The summed E-state index contributed by atoms with van der Waals surface area (Å²) in [7, 11) is 1.79. The van der Waals surface area contributed by atoms with Crippen LogP contribution >= 0.6 is 0 Å². The second-order valence-corrected chi connectivity index (χ2v) is 4.74. The Morgan fingerprint density at radius 1 is 1.44 bits per heavy atom. The summed E-state index contributed by atoms with van der Waals surface area (Å²) in [5.41, 5.74) is 1.39. The molecule has 7 heteroatoms. The molecular weight excluding hydrogens is 232 g/mol. The fourth-order valence-corrected chi connectivity index (χ4v) is 2.09. The molecule has 3 heterocycles. The van der Waals surface area contributed by atoms with Gasteiger partial charge in [0.1, 0.15) is 5.52 Å². The van der Waals surface area contributed by atoms with Crippen LogP contribution in [0.25, 0.3) is 11.2 Å². The molecule has 1 aliphatic rings. The van der Waals surface area contributed by atoms with E-state index in [4.69, 9.17) is 4.74 Å². The van der Waals surface area contributed by atoms with Gasteiger partial charge in [-0.05, 0) is 13.3 Å². The Morgan fingerprint density at radius 3 is 3.06 bits per heavy atom. The molecule has 1 unspecified atom stereocenters.